The topological polar surface area (TPSA) is 62.2 Å². The third kappa shape index (κ3) is 1.85. The molecule has 2 atom stereocenters. The molecule has 0 aliphatic heterocycles. The van der Waals surface area contributed by atoms with Crippen molar-refractivity contribution in [3.8, 4) is 0 Å². The Kier molecular flexibility index (Phi) is 3.25. The van der Waals surface area contributed by atoms with Crippen molar-refractivity contribution in [3.05, 3.63) is 15.6 Å². The van der Waals surface area contributed by atoms with Crippen LogP contribution in [0.4, 0.5) is 0 Å². The number of aliphatic hydroxyl groups excluding tert-OH is 1. The molecule has 2 rings (SSSR count). The summed E-state index contributed by atoms with van der Waals surface area (Å²) in [6.45, 7) is 2.07. The molecule has 0 saturated heterocycles. The van der Waals surface area contributed by atoms with E-state index in [2.05, 4.69) is 17.2 Å². The molecule has 1 aromatic heterocycles. The molecule has 4 nitrogen and oxygen atoms in total. The van der Waals surface area contributed by atoms with E-state index in [9.17, 15) is 9.90 Å². The number of hydrogen-bond donors (Lipinski definition) is 2. The molecular formula is C11H16N2O2S. The van der Waals surface area contributed by atoms with Crippen molar-refractivity contribution in [2.24, 2.45) is 5.92 Å². The van der Waals surface area contributed by atoms with Crippen molar-refractivity contribution < 1.29 is 9.90 Å². The van der Waals surface area contributed by atoms with Gasteiger partial charge in [-0.1, -0.05) is 13.3 Å². The fraction of sp³-hybridized carbons (Fsp3) is 0.636. The molecule has 0 bridgehead atoms. The monoisotopic (exact) mass is 240 g/mol. The first-order valence-corrected chi connectivity index (χ1v) is 6.38. The summed E-state index contributed by atoms with van der Waals surface area (Å²) in [6, 6.07) is 0. The Morgan fingerprint density at radius 2 is 2.44 bits per heavy atom. The van der Waals surface area contributed by atoms with Crippen molar-refractivity contribution in [2.75, 3.05) is 7.05 Å². The number of fused-ring (bicyclic) bond motifs is 1. The number of thiazole rings is 1. The summed E-state index contributed by atoms with van der Waals surface area (Å²) in [6.07, 6.45) is 2.37. The third-order valence-electron chi connectivity index (χ3n) is 3.14. The molecular weight excluding hydrogens is 224 g/mol. The summed E-state index contributed by atoms with van der Waals surface area (Å²) in [7, 11) is 1.59. The highest BCUT2D eigenvalue weighted by Crippen LogP contribution is 2.38. The van der Waals surface area contributed by atoms with Crippen LogP contribution in [0.25, 0.3) is 0 Å². The van der Waals surface area contributed by atoms with Crippen molar-refractivity contribution in [1.29, 1.82) is 0 Å². The average Bonchev–Trinajstić information content (AvgIpc) is 2.73. The fourth-order valence-corrected chi connectivity index (χ4v) is 3.17. The van der Waals surface area contributed by atoms with Gasteiger partial charge in [0.25, 0.3) is 5.91 Å². The van der Waals surface area contributed by atoms with Gasteiger partial charge in [-0.05, 0) is 18.8 Å². The van der Waals surface area contributed by atoms with Crippen molar-refractivity contribution in [2.45, 2.75) is 32.3 Å². The van der Waals surface area contributed by atoms with Gasteiger partial charge in [0.15, 0.2) is 5.01 Å². The second-order valence-corrected chi connectivity index (χ2v) is 5.14. The maximum atomic E-state index is 11.4. The lowest BCUT2D eigenvalue weighted by molar-refractivity contribution is 0.0876. The molecule has 0 aromatic carbocycles. The lowest BCUT2D eigenvalue weighted by Gasteiger charge is -2.25. The van der Waals surface area contributed by atoms with Gasteiger partial charge in [0.05, 0.1) is 11.8 Å². The normalized spacial score (nSPS) is 23.9. The Balaban J connectivity index is 2.31. The van der Waals surface area contributed by atoms with Gasteiger partial charge in [-0.3, -0.25) is 4.79 Å². The molecule has 1 aromatic rings. The summed E-state index contributed by atoms with van der Waals surface area (Å²) in [4.78, 5) is 16.8. The fourth-order valence-electron chi connectivity index (χ4n) is 2.10. The molecule has 1 aliphatic rings. The van der Waals surface area contributed by atoms with Crippen molar-refractivity contribution in [1.82, 2.24) is 10.3 Å². The van der Waals surface area contributed by atoms with Crippen LogP contribution in [0.3, 0.4) is 0 Å². The number of carbonyl (C=O) groups excluding carboxylic acids is 1. The average molecular weight is 240 g/mol. The molecule has 0 fully saturated rings. The Hall–Kier alpha value is -0.940. The van der Waals surface area contributed by atoms with Gasteiger partial charge in [-0.15, -0.1) is 11.3 Å². The molecule has 1 amide bonds. The molecule has 88 valence electrons. The zero-order valence-electron chi connectivity index (χ0n) is 9.49. The second kappa shape index (κ2) is 4.51. The van der Waals surface area contributed by atoms with Crippen LogP contribution in [-0.4, -0.2) is 23.0 Å². The predicted octanol–water partition coefficient (Wildman–Crippen LogP) is 1.51. The number of nitrogens with one attached hydrogen (secondary N) is 1. The molecule has 2 unspecified atom stereocenters. The number of carbonyl (C=O) groups is 1. The highest BCUT2D eigenvalue weighted by atomic mass is 32.1. The summed E-state index contributed by atoms with van der Waals surface area (Å²) in [5, 5.41) is 13.1. The standard InChI is InChI=1S/C11H16N2O2S/c1-3-6-4-5-7-8(9(6)14)13-11(16-7)10(15)12-2/h6,9,14H,3-5H2,1-2H3,(H,12,15). The zero-order chi connectivity index (χ0) is 11.7. The number of nitrogens with zero attached hydrogens (tertiary/aromatic N) is 1. The Labute approximate surface area is 98.7 Å². The quantitative estimate of drug-likeness (QED) is 0.823. The molecule has 5 heteroatoms. The van der Waals surface area contributed by atoms with Crippen molar-refractivity contribution >= 4 is 17.2 Å². The van der Waals surface area contributed by atoms with E-state index in [1.807, 2.05) is 0 Å². The van der Waals surface area contributed by atoms with Gasteiger partial charge >= 0.3 is 0 Å². The molecule has 0 radical (unpaired) electrons. The lowest BCUT2D eigenvalue weighted by Crippen LogP contribution is -2.20. The Morgan fingerprint density at radius 1 is 1.69 bits per heavy atom. The minimum Gasteiger partial charge on any atom is -0.386 e. The minimum absolute atomic E-state index is 0.167. The maximum absolute atomic E-state index is 11.4. The van der Waals surface area contributed by atoms with Crippen LogP contribution < -0.4 is 5.32 Å². The summed E-state index contributed by atoms with van der Waals surface area (Å²) >= 11 is 1.40. The molecule has 0 spiro atoms. The van der Waals surface area contributed by atoms with Crippen LogP contribution in [0, 0.1) is 5.92 Å². The van der Waals surface area contributed by atoms with Crippen LogP contribution in [0.1, 0.15) is 46.2 Å². The van der Waals surface area contributed by atoms with Gasteiger partial charge in [0.1, 0.15) is 0 Å². The Morgan fingerprint density at radius 3 is 3.06 bits per heavy atom. The van der Waals surface area contributed by atoms with Crippen LogP contribution in [-0.2, 0) is 6.42 Å². The van der Waals surface area contributed by atoms with Crippen LogP contribution >= 0.6 is 11.3 Å². The Bertz CT molecular complexity index is 403. The first kappa shape index (κ1) is 11.5. The van der Waals surface area contributed by atoms with E-state index in [1.54, 1.807) is 7.05 Å². The molecule has 2 N–H and O–H groups in total. The molecule has 0 saturated carbocycles. The number of hydrogen-bond acceptors (Lipinski definition) is 4. The van der Waals surface area contributed by atoms with E-state index >= 15 is 0 Å². The smallest absolute Gasteiger partial charge is 0.280 e. The SMILES string of the molecule is CCC1CCc2sc(C(=O)NC)nc2C1O. The van der Waals surface area contributed by atoms with E-state index in [1.165, 1.54) is 11.3 Å². The van der Waals surface area contributed by atoms with Crippen LogP contribution in [0.5, 0.6) is 0 Å². The van der Waals surface area contributed by atoms with Crippen molar-refractivity contribution in [3.63, 3.8) is 0 Å². The third-order valence-corrected chi connectivity index (χ3v) is 4.27. The first-order valence-electron chi connectivity index (χ1n) is 5.57. The maximum Gasteiger partial charge on any atom is 0.280 e. The number of aryl methyl sites for hydroxylation is 1. The van der Waals surface area contributed by atoms with Gasteiger partial charge in [0.2, 0.25) is 0 Å². The summed E-state index contributed by atoms with van der Waals surface area (Å²) in [5.41, 5.74) is 0.724. The van der Waals surface area contributed by atoms with E-state index in [-0.39, 0.29) is 11.8 Å². The van der Waals surface area contributed by atoms with Gasteiger partial charge in [0, 0.05) is 11.9 Å². The second-order valence-electron chi connectivity index (χ2n) is 4.06. The molecule has 16 heavy (non-hydrogen) atoms. The highest BCUT2D eigenvalue weighted by molar-refractivity contribution is 7.13. The first-order chi connectivity index (χ1) is 7.67. The zero-order valence-corrected chi connectivity index (χ0v) is 10.3. The molecule has 1 aliphatic carbocycles. The summed E-state index contributed by atoms with van der Waals surface area (Å²) in [5.74, 6) is 0.117. The van der Waals surface area contributed by atoms with E-state index in [4.69, 9.17) is 0 Å². The van der Waals surface area contributed by atoms with Crippen LogP contribution in [0.15, 0.2) is 0 Å². The lowest BCUT2D eigenvalue weighted by atomic mass is 9.86. The largest absolute Gasteiger partial charge is 0.386 e. The van der Waals surface area contributed by atoms with E-state index < -0.39 is 6.10 Å². The van der Waals surface area contributed by atoms with E-state index in [0.717, 1.165) is 29.8 Å². The molecule has 1 heterocycles. The number of rotatable bonds is 2. The highest BCUT2D eigenvalue weighted by Gasteiger charge is 2.31. The minimum atomic E-state index is -0.497. The van der Waals surface area contributed by atoms with E-state index in [0.29, 0.717) is 5.01 Å². The number of aliphatic hydroxyl groups is 1. The number of aromatic nitrogens is 1. The van der Waals surface area contributed by atoms with Gasteiger partial charge in [-0.2, -0.15) is 0 Å². The van der Waals surface area contributed by atoms with Gasteiger partial charge in [-0.25, -0.2) is 4.98 Å². The summed E-state index contributed by atoms with van der Waals surface area (Å²) < 4.78 is 0. The van der Waals surface area contributed by atoms with Gasteiger partial charge < -0.3 is 10.4 Å². The van der Waals surface area contributed by atoms with Crippen LogP contribution in [0.2, 0.25) is 0 Å². The predicted molar refractivity (Wildman–Crippen MR) is 62.6 cm³/mol. The number of amides is 1.